The Kier molecular flexibility index (Phi) is 2.83. The van der Waals surface area contributed by atoms with Crippen molar-refractivity contribution >= 4 is 13.4 Å². The Morgan fingerprint density at radius 2 is 1.62 bits per heavy atom. The summed E-state index contributed by atoms with van der Waals surface area (Å²) in [5, 5.41) is 9.51. The van der Waals surface area contributed by atoms with Crippen molar-refractivity contribution < 1.29 is 0 Å². The van der Waals surface area contributed by atoms with E-state index in [9.17, 15) is 0 Å². The van der Waals surface area contributed by atoms with Gasteiger partial charge in [-0.1, -0.05) is 50.0 Å². The normalized spacial score (nSPS) is 11.4. The molecule has 0 aliphatic carbocycles. The lowest BCUT2D eigenvalue weighted by molar-refractivity contribution is 1.00. The number of benzene rings is 1. The van der Waals surface area contributed by atoms with Crippen LogP contribution in [0.3, 0.4) is 0 Å². The molecule has 0 aliphatic heterocycles. The van der Waals surface area contributed by atoms with Gasteiger partial charge in [-0.2, -0.15) is 5.10 Å². The van der Waals surface area contributed by atoms with E-state index in [1.165, 1.54) is 0 Å². The highest BCUT2D eigenvalue weighted by atomic mass is 28.3. The molecule has 1 aromatic heterocycles. The van der Waals surface area contributed by atoms with Gasteiger partial charge in [0.2, 0.25) is 0 Å². The first-order valence-electron chi connectivity index (χ1n) is 5.33. The van der Waals surface area contributed by atoms with Crippen molar-refractivity contribution in [1.29, 1.82) is 0 Å². The molecule has 0 radical (unpaired) electrons. The third kappa shape index (κ3) is 2.33. The van der Waals surface area contributed by atoms with Gasteiger partial charge in [0.05, 0.1) is 5.32 Å². The monoisotopic (exact) mass is 229 g/mol. The summed E-state index contributed by atoms with van der Waals surface area (Å²) in [5.41, 5.74) is 1.01. The van der Waals surface area contributed by atoms with Crippen molar-refractivity contribution in [1.82, 2.24) is 15.2 Å². The number of rotatable bonds is 2. The fraction of sp³-hybridized carbons (Fsp3) is 0.250. The van der Waals surface area contributed by atoms with Crippen molar-refractivity contribution in [3.8, 4) is 11.4 Å². The topological polar surface area (TPSA) is 38.7 Å². The zero-order valence-electron chi connectivity index (χ0n) is 9.81. The van der Waals surface area contributed by atoms with E-state index in [1.54, 1.807) is 0 Å². The molecule has 0 fully saturated rings. The maximum absolute atomic E-state index is 4.38. The summed E-state index contributed by atoms with van der Waals surface area (Å²) in [7, 11) is -1.39. The molecule has 82 valence electrons. The van der Waals surface area contributed by atoms with E-state index in [-0.39, 0.29) is 0 Å². The van der Waals surface area contributed by atoms with Crippen LogP contribution in [0.15, 0.2) is 36.5 Å². The van der Waals surface area contributed by atoms with Gasteiger partial charge >= 0.3 is 0 Å². The Labute approximate surface area is 96.6 Å². The van der Waals surface area contributed by atoms with E-state index in [2.05, 4.69) is 34.8 Å². The van der Waals surface area contributed by atoms with Crippen LogP contribution in [-0.2, 0) is 0 Å². The van der Waals surface area contributed by atoms with Crippen molar-refractivity contribution in [2.24, 2.45) is 0 Å². The first kappa shape index (κ1) is 10.9. The van der Waals surface area contributed by atoms with Crippen molar-refractivity contribution in [3.63, 3.8) is 0 Å². The molecular formula is C12H15N3Si. The molecule has 0 amide bonds. The molecule has 1 aromatic carbocycles. The number of nitrogens with zero attached hydrogens (tertiary/aromatic N) is 3. The number of aromatic nitrogens is 3. The molecule has 0 saturated heterocycles. The highest BCUT2D eigenvalue weighted by Crippen LogP contribution is 2.11. The summed E-state index contributed by atoms with van der Waals surface area (Å²) in [6.07, 6.45) is 1.86. The molecule has 1 heterocycles. The van der Waals surface area contributed by atoms with Crippen LogP contribution in [0.2, 0.25) is 19.6 Å². The highest BCUT2D eigenvalue weighted by molar-refractivity contribution is 6.88. The molecule has 2 rings (SSSR count). The second-order valence-corrected chi connectivity index (χ2v) is 9.80. The fourth-order valence-electron chi connectivity index (χ4n) is 1.34. The lowest BCUT2D eigenvalue weighted by Crippen LogP contribution is -2.40. The summed E-state index contributed by atoms with van der Waals surface area (Å²) < 4.78 is 0. The zero-order chi connectivity index (χ0) is 11.6. The predicted octanol–water partition coefficient (Wildman–Crippen LogP) is 2.08. The summed E-state index contributed by atoms with van der Waals surface area (Å²) in [4.78, 5) is 4.38. The lowest BCUT2D eigenvalue weighted by Gasteiger charge is -2.13. The number of hydrogen-bond acceptors (Lipinski definition) is 3. The third-order valence-electron chi connectivity index (χ3n) is 2.36. The minimum absolute atomic E-state index is 0.697. The molecule has 0 aliphatic rings. The van der Waals surface area contributed by atoms with Crippen LogP contribution in [-0.4, -0.2) is 23.3 Å². The van der Waals surface area contributed by atoms with E-state index in [0.29, 0.717) is 5.82 Å². The van der Waals surface area contributed by atoms with Crippen LogP contribution in [0.1, 0.15) is 0 Å². The first-order chi connectivity index (χ1) is 7.57. The largest absolute Gasteiger partial charge is 0.234 e. The van der Waals surface area contributed by atoms with Crippen LogP contribution in [0, 0.1) is 0 Å². The summed E-state index contributed by atoms with van der Waals surface area (Å²) in [5.74, 6) is 0.697. The second-order valence-electron chi connectivity index (χ2n) is 4.78. The number of hydrogen-bond donors (Lipinski definition) is 0. The second kappa shape index (κ2) is 4.13. The predicted molar refractivity (Wildman–Crippen MR) is 68.2 cm³/mol. The summed E-state index contributed by atoms with van der Waals surface area (Å²) >= 11 is 0. The quantitative estimate of drug-likeness (QED) is 0.740. The molecule has 0 unspecified atom stereocenters. The van der Waals surface area contributed by atoms with Crippen molar-refractivity contribution in [2.75, 3.05) is 0 Å². The van der Waals surface area contributed by atoms with Gasteiger partial charge in [-0.15, -0.1) is 5.10 Å². The van der Waals surface area contributed by atoms with Crippen LogP contribution in [0.25, 0.3) is 11.4 Å². The Bertz CT molecular complexity index is 460. The van der Waals surface area contributed by atoms with Crippen molar-refractivity contribution in [2.45, 2.75) is 19.6 Å². The van der Waals surface area contributed by atoms with Gasteiger partial charge in [0.25, 0.3) is 0 Å². The summed E-state index contributed by atoms with van der Waals surface area (Å²) in [6.45, 7) is 6.71. The van der Waals surface area contributed by atoms with Crippen LogP contribution in [0.5, 0.6) is 0 Å². The van der Waals surface area contributed by atoms with Gasteiger partial charge < -0.3 is 0 Å². The smallest absolute Gasteiger partial charge is 0.181 e. The van der Waals surface area contributed by atoms with Gasteiger partial charge in [-0.3, -0.25) is 0 Å². The lowest BCUT2D eigenvalue weighted by atomic mass is 10.2. The van der Waals surface area contributed by atoms with Gasteiger partial charge in [0.15, 0.2) is 5.82 Å². The maximum atomic E-state index is 4.38. The highest BCUT2D eigenvalue weighted by Gasteiger charge is 2.19. The molecule has 3 nitrogen and oxygen atoms in total. The molecule has 16 heavy (non-hydrogen) atoms. The van der Waals surface area contributed by atoms with Gasteiger partial charge in [0.1, 0.15) is 8.07 Å². The van der Waals surface area contributed by atoms with Gasteiger partial charge in [-0.25, -0.2) is 4.98 Å². The van der Waals surface area contributed by atoms with Gasteiger partial charge in [0, 0.05) is 11.8 Å². The first-order valence-corrected chi connectivity index (χ1v) is 8.83. The molecule has 0 atom stereocenters. The molecule has 0 spiro atoms. The van der Waals surface area contributed by atoms with Crippen LogP contribution >= 0.6 is 0 Å². The SMILES string of the molecule is C[Si](C)(C)c1cnc(-c2ccccc2)nn1. The van der Waals surface area contributed by atoms with E-state index < -0.39 is 8.07 Å². The molecule has 0 saturated carbocycles. The van der Waals surface area contributed by atoms with E-state index in [4.69, 9.17) is 0 Å². The summed E-state index contributed by atoms with van der Waals surface area (Å²) in [6, 6.07) is 9.92. The molecule has 0 N–H and O–H groups in total. The van der Waals surface area contributed by atoms with E-state index >= 15 is 0 Å². The van der Waals surface area contributed by atoms with E-state index in [0.717, 1.165) is 10.9 Å². The van der Waals surface area contributed by atoms with E-state index in [1.807, 2.05) is 36.5 Å². The fourth-order valence-corrected chi connectivity index (χ4v) is 2.14. The molecule has 4 heteroatoms. The Hall–Kier alpha value is -1.55. The Balaban J connectivity index is 2.34. The standard InChI is InChI=1S/C12H15N3Si/c1-16(2,3)11-9-13-12(15-14-11)10-7-5-4-6-8-10/h4-9H,1-3H3. The third-order valence-corrected chi connectivity index (χ3v) is 4.13. The van der Waals surface area contributed by atoms with Gasteiger partial charge in [-0.05, 0) is 0 Å². The van der Waals surface area contributed by atoms with Crippen LogP contribution < -0.4 is 5.32 Å². The maximum Gasteiger partial charge on any atom is 0.181 e. The zero-order valence-corrected chi connectivity index (χ0v) is 10.8. The van der Waals surface area contributed by atoms with Crippen LogP contribution in [0.4, 0.5) is 0 Å². The van der Waals surface area contributed by atoms with Crippen molar-refractivity contribution in [3.05, 3.63) is 36.5 Å². The molecule has 0 bridgehead atoms. The average molecular weight is 229 g/mol. The minimum Gasteiger partial charge on any atom is -0.234 e. The Morgan fingerprint density at radius 3 is 2.12 bits per heavy atom. The molecular weight excluding hydrogens is 214 g/mol. The molecule has 2 aromatic rings. The minimum atomic E-state index is -1.39. The Morgan fingerprint density at radius 1 is 0.938 bits per heavy atom. The average Bonchev–Trinajstić information content (AvgIpc) is 2.29.